The fourth-order valence-electron chi connectivity index (χ4n) is 4.24. The van der Waals surface area contributed by atoms with E-state index >= 15 is 0 Å². The summed E-state index contributed by atoms with van der Waals surface area (Å²) in [5.74, 6) is 0.348. The van der Waals surface area contributed by atoms with E-state index in [1.165, 1.54) is 10.8 Å². The number of amides is 1. The number of nitrogens with two attached hydrogens (primary N) is 2. The number of benzene rings is 2. The molecule has 1 unspecified atom stereocenters. The third kappa shape index (κ3) is 4.48. The third-order valence-corrected chi connectivity index (χ3v) is 6.01. The third-order valence-electron chi connectivity index (χ3n) is 6.01. The molecule has 0 radical (unpaired) electrons. The summed E-state index contributed by atoms with van der Waals surface area (Å²) < 4.78 is 6.87. The minimum Gasteiger partial charge on any atom is -0.495 e. The van der Waals surface area contributed by atoms with E-state index in [9.17, 15) is 9.59 Å². The highest BCUT2D eigenvalue weighted by Gasteiger charge is 2.22. The highest BCUT2D eigenvalue weighted by molar-refractivity contribution is 5.97. The summed E-state index contributed by atoms with van der Waals surface area (Å²) in [7, 11) is 1.56. The van der Waals surface area contributed by atoms with Crippen LogP contribution >= 0.6 is 0 Å². The molecule has 11 nitrogen and oxygen atoms in total. The lowest BCUT2D eigenvalue weighted by molar-refractivity contribution is 0.100. The van der Waals surface area contributed by atoms with Gasteiger partial charge in [0, 0.05) is 18.0 Å². The number of aromatic nitrogens is 5. The number of fused-ring (bicyclic) bond motifs is 1. The Hall–Kier alpha value is -5.32. The van der Waals surface area contributed by atoms with Crippen molar-refractivity contribution in [2.45, 2.75) is 13.0 Å². The number of methoxy groups -OCH3 is 1. The van der Waals surface area contributed by atoms with Crippen LogP contribution in [0, 0.1) is 0 Å². The van der Waals surface area contributed by atoms with Crippen molar-refractivity contribution in [1.82, 2.24) is 24.5 Å². The number of rotatable bonds is 7. The molecule has 5 aromatic rings. The van der Waals surface area contributed by atoms with Crippen molar-refractivity contribution in [3.63, 3.8) is 0 Å². The van der Waals surface area contributed by atoms with Gasteiger partial charge in [0.1, 0.15) is 17.4 Å². The summed E-state index contributed by atoms with van der Waals surface area (Å²) in [5.41, 5.74) is 13.5. The van der Waals surface area contributed by atoms with Gasteiger partial charge in [-0.2, -0.15) is 4.98 Å². The number of para-hydroxylation sites is 1. The van der Waals surface area contributed by atoms with Crippen LogP contribution in [0.4, 0.5) is 11.8 Å². The van der Waals surface area contributed by atoms with E-state index in [-0.39, 0.29) is 22.9 Å². The Morgan fingerprint density at radius 1 is 1.05 bits per heavy atom. The summed E-state index contributed by atoms with van der Waals surface area (Å²) in [6.07, 6.45) is 4.53. The summed E-state index contributed by atoms with van der Waals surface area (Å²) in [5, 5.41) is 3.55. The van der Waals surface area contributed by atoms with Gasteiger partial charge in [-0.15, -0.1) is 0 Å². The van der Waals surface area contributed by atoms with Gasteiger partial charge >= 0.3 is 0 Å². The minimum absolute atomic E-state index is 0.0341. The van der Waals surface area contributed by atoms with Crippen molar-refractivity contribution >= 4 is 28.6 Å². The Labute approximate surface area is 217 Å². The smallest absolute Gasteiger partial charge is 0.266 e. The molecule has 2 aromatic carbocycles. The molecule has 5 N–H and O–H groups in total. The maximum Gasteiger partial charge on any atom is 0.266 e. The van der Waals surface area contributed by atoms with Gasteiger partial charge in [-0.3, -0.25) is 19.1 Å². The zero-order valence-corrected chi connectivity index (χ0v) is 20.6. The molecule has 0 saturated heterocycles. The van der Waals surface area contributed by atoms with Crippen LogP contribution in [-0.2, 0) is 0 Å². The van der Waals surface area contributed by atoms with Crippen LogP contribution in [0.25, 0.3) is 27.7 Å². The maximum atomic E-state index is 14.2. The number of hydrogen-bond acceptors (Lipinski definition) is 9. The summed E-state index contributed by atoms with van der Waals surface area (Å²) >= 11 is 0. The lowest BCUT2D eigenvalue weighted by Crippen LogP contribution is -2.28. The van der Waals surface area contributed by atoms with Gasteiger partial charge in [0.25, 0.3) is 11.5 Å². The van der Waals surface area contributed by atoms with Crippen molar-refractivity contribution < 1.29 is 9.53 Å². The Bertz CT molecular complexity index is 1720. The monoisotopic (exact) mass is 508 g/mol. The van der Waals surface area contributed by atoms with Crippen molar-refractivity contribution in [1.29, 1.82) is 0 Å². The number of nitrogens with one attached hydrogen (secondary N) is 1. The lowest BCUT2D eigenvalue weighted by atomic mass is 10.0. The highest BCUT2D eigenvalue weighted by atomic mass is 16.5. The number of carbonyl (C=O) groups excluding carboxylic acids is 1. The largest absolute Gasteiger partial charge is 0.495 e. The van der Waals surface area contributed by atoms with E-state index in [0.717, 1.165) is 5.56 Å². The molecule has 11 heteroatoms. The molecule has 0 spiro atoms. The maximum absolute atomic E-state index is 14.2. The van der Waals surface area contributed by atoms with E-state index in [1.807, 2.05) is 48.5 Å². The van der Waals surface area contributed by atoms with Crippen LogP contribution in [0.3, 0.4) is 0 Å². The van der Waals surface area contributed by atoms with Crippen molar-refractivity contribution in [3.8, 4) is 22.6 Å². The number of primary amides is 1. The zero-order chi connectivity index (χ0) is 26.8. The second-order valence-corrected chi connectivity index (χ2v) is 8.48. The van der Waals surface area contributed by atoms with Gasteiger partial charge in [0.2, 0.25) is 5.95 Å². The summed E-state index contributed by atoms with van der Waals surface area (Å²) in [4.78, 5) is 43.3. The molecule has 190 valence electrons. The van der Waals surface area contributed by atoms with Gasteiger partial charge in [-0.05, 0) is 36.8 Å². The van der Waals surface area contributed by atoms with Crippen LogP contribution in [0.1, 0.15) is 29.1 Å². The number of pyridine rings is 1. The number of nitrogen functional groups attached to an aromatic ring is 1. The quantitative estimate of drug-likeness (QED) is 0.300. The number of hydrogen-bond donors (Lipinski definition) is 3. The number of ether oxygens (including phenoxy) is 1. The fraction of sp³-hybridized carbons (Fsp3) is 0.111. The average molecular weight is 509 g/mol. The highest BCUT2D eigenvalue weighted by Crippen LogP contribution is 2.30. The molecule has 0 bridgehead atoms. The van der Waals surface area contributed by atoms with Crippen molar-refractivity contribution in [2.24, 2.45) is 5.73 Å². The minimum atomic E-state index is -0.719. The first-order valence-electron chi connectivity index (χ1n) is 11.7. The molecule has 0 aliphatic rings. The van der Waals surface area contributed by atoms with E-state index in [0.29, 0.717) is 33.7 Å². The van der Waals surface area contributed by atoms with Gasteiger partial charge in [0.05, 0.1) is 41.5 Å². The number of carbonyl (C=O) groups is 1. The van der Waals surface area contributed by atoms with E-state index in [2.05, 4.69) is 20.3 Å². The molecular formula is C27H24N8O3. The molecule has 3 heterocycles. The molecule has 0 aliphatic carbocycles. The van der Waals surface area contributed by atoms with Crippen LogP contribution in [0.2, 0.25) is 0 Å². The lowest BCUT2D eigenvalue weighted by Gasteiger charge is -2.21. The van der Waals surface area contributed by atoms with Crippen molar-refractivity contribution in [3.05, 3.63) is 94.9 Å². The second-order valence-electron chi connectivity index (χ2n) is 8.48. The topological polar surface area (TPSA) is 164 Å². The van der Waals surface area contributed by atoms with Gasteiger partial charge in [-0.25, -0.2) is 9.97 Å². The number of nitrogens with zero attached hydrogens (tertiary/aromatic N) is 5. The van der Waals surface area contributed by atoms with E-state index in [1.54, 1.807) is 32.5 Å². The van der Waals surface area contributed by atoms with Crippen LogP contribution in [0.5, 0.6) is 5.75 Å². The second kappa shape index (κ2) is 9.97. The van der Waals surface area contributed by atoms with Crippen molar-refractivity contribution in [2.75, 3.05) is 18.2 Å². The Morgan fingerprint density at radius 3 is 2.58 bits per heavy atom. The molecule has 3 aromatic heterocycles. The Balaban J connectivity index is 1.74. The SMILES string of the molecule is COc1cncc(-c2cccc3nc(C(C)Nc4nc(N)ncc4C(N)=O)n(-c4ccccc4)c(=O)c23)c1. The van der Waals surface area contributed by atoms with E-state index < -0.39 is 11.9 Å². The molecule has 0 aliphatic heterocycles. The van der Waals surface area contributed by atoms with Gasteiger partial charge in [0.15, 0.2) is 0 Å². The molecule has 1 amide bonds. The fourth-order valence-corrected chi connectivity index (χ4v) is 4.24. The molecule has 0 fully saturated rings. The first-order chi connectivity index (χ1) is 18.4. The molecular weight excluding hydrogens is 484 g/mol. The predicted octanol–water partition coefficient (Wildman–Crippen LogP) is 3.10. The summed E-state index contributed by atoms with van der Waals surface area (Å²) in [6, 6.07) is 15.8. The zero-order valence-electron chi connectivity index (χ0n) is 20.6. The molecule has 0 saturated carbocycles. The Kier molecular flexibility index (Phi) is 6.40. The average Bonchev–Trinajstić information content (AvgIpc) is 2.93. The van der Waals surface area contributed by atoms with Crippen LogP contribution < -0.4 is 27.1 Å². The van der Waals surface area contributed by atoms with E-state index in [4.69, 9.17) is 21.2 Å². The normalized spacial score (nSPS) is 11.7. The first-order valence-corrected chi connectivity index (χ1v) is 11.7. The van der Waals surface area contributed by atoms with Crippen LogP contribution in [-0.4, -0.2) is 37.5 Å². The van der Waals surface area contributed by atoms with Gasteiger partial charge < -0.3 is 21.5 Å². The molecule has 1 atom stereocenters. The number of anilines is 2. The molecule has 5 rings (SSSR count). The summed E-state index contributed by atoms with van der Waals surface area (Å²) in [6.45, 7) is 1.80. The molecule has 38 heavy (non-hydrogen) atoms. The first kappa shape index (κ1) is 24.4. The van der Waals surface area contributed by atoms with Gasteiger partial charge in [-0.1, -0.05) is 30.3 Å². The standard InChI is InChI=1S/C27H24N8O3/c1-15(32-24-20(23(28)36)14-31-27(29)34-24)25-33-21-10-6-9-19(16-11-18(38-2)13-30-12-16)22(21)26(37)35(25)17-7-4-3-5-8-17/h3-15H,1-2H3,(H2,28,36)(H3,29,31,32,34). The predicted molar refractivity (Wildman–Crippen MR) is 144 cm³/mol. The van der Waals surface area contributed by atoms with Crippen LogP contribution in [0.15, 0.2) is 78.0 Å². The Morgan fingerprint density at radius 2 is 1.84 bits per heavy atom.